The molecule has 0 heterocycles. The molecule has 1 aromatic rings. The van der Waals surface area contributed by atoms with Gasteiger partial charge in [-0.15, -0.1) is 0 Å². The third kappa shape index (κ3) is 3.38. The van der Waals surface area contributed by atoms with Gasteiger partial charge in [0.2, 0.25) is 0 Å². The maximum atomic E-state index is 13.0. The molecule has 0 amide bonds. The highest BCUT2D eigenvalue weighted by atomic mass is 19.1. The largest absolute Gasteiger partial charge is 0.466 e. The van der Waals surface area contributed by atoms with Crippen molar-refractivity contribution >= 4 is 11.7 Å². The SMILES string of the molecule is CCN(C=CC(=O)OC)c1cccc(F)c1. The van der Waals surface area contributed by atoms with Gasteiger partial charge in [0.15, 0.2) is 0 Å². The zero-order valence-corrected chi connectivity index (χ0v) is 9.31. The highest BCUT2D eigenvalue weighted by molar-refractivity contribution is 5.82. The summed E-state index contributed by atoms with van der Waals surface area (Å²) < 4.78 is 17.5. The quantitative estimate of drug-likeness (QED) is 0.579. The number of anilines is 1. The Morgan fingerprint density at radius 2 is 2.31 bits per heavy atom. The smallest absolute Gasteiger partial charge is 0.331 e. The minimum absolute atomic E-state index is 0.303. The molecule has 0 aliphatic heterocycles. The van der Waals surface area contributed by atoms with Crippen molar-refractivity contribution in [2.75, 3.05) is 18.6 Å². The molecule has 0 fully saturated rings. The predicted molar refractivity (Wildman–Crippen MR) is 60.6 cm³/mol. The van der Waals surface area contributed by atoms with Crippen molar-refractivity contribution in [1.82, 2.24) is 0 Å². The van der Waals surface area contributed by atoms with Crippen LogP contribution in [0.5, 0.6) is 0 Å². The van der Waals surface area contributed by atoms with Gasteiger partial charge in [-0.3, -0.25) is 0 Å². The fourth-order valence-electron chi connectivity index (χ4n) is 1.25. The number of halogens is 1. The van der Waals surface area contributed by atoms with Crippen LogP contribution >= 0.6 is 0 Å². The first-order valence-electron chi connectivity index (χ1n) is 4.95. The van der Waals surface area contributed by atoms with Crippen LogP contribution in [-0.2, 0) is 9.53 Å². The summed E-state index contributed by atoms with van der Waals surface area (Å²) in [6.07, 6.45) is 2.87. The predicted octanol–water partition coefficient (Wildman–Crippen LogP) is 2.34. The Labute approximate surface area is 94.1 Å². The lowest BCUT2D eigenvalue weighted by molar-refractivity contribution is -0.134. The van der Waals surface area contributed by atoms with Crippen molar-refractivity contribution in [3.63, 3.8) is 0 Å². The highest BCUT2D eigenvalue weighted by Gasteiger charge is 2.02. The van der Waals surface area contributed by atoms with E-state index in [2.05, 4.69) is 4.74 Å². The van der Waals surface area contributed by atoms with Crippen molar-refractivity contribution < 1.29 is 13.9 Å². The first-order valence-corrected chi connectivity index (χ1v) is 4.95. The number of carbonyl (C=O) groups excluding carboxylic acids is 1. The van der Waals surface area contributed by atoms with Gasteiger partial charge in [0.05, 0.1) is 7.11 Å². The van der Waals surface area contributed by atoms with Crippen LogP contribution in [0.2, 0.25) is 0 Å². The lowest BCUT2D eigenvalue weighted by atomic mass is 10.3. The van der Waals surface area contributed by atoms with Crippen LogP contribution < -0.4 is 4.90 Å². The molecule has 0 unspecified atom stereocenters. The summed E-state index contributed by atoms with van der Waals surface area (Å²) in [6, 6.07) is 6.18. The molecule has 4 heteroatoms. The number of benzene rings is 1. The normalized spacial score (nSPS) is 10.4. The minimum Gasteiger partial charge on any atom is -0.466 e. The Bertz CT molecular complexity index is 390. The molecule has 0 bridgehead atoms. The standard InChI is InChI=1S/C12H14FNO2/c1-3-14(8-7-12(15)16-2)11-6-4-5-10(13)9-11/h4-9H,3H2,1-2H3. The fraction of sp³-hybridized carbons (Fsp3) is 0.250. The highest BCUT2D eigenvalue weighted by Crippen LogP contribution is 2.15. The fourth-order valence-corrected chi connectivity index (χ4v) is 1.25. The second-order valence-electron chi connectivity index (χ2n) is 3.10. The van der Waals surface area contributed by atoms with E-state index in [4.69, 9.17) is 0 Å². The summed E-state index contributed by atoms with van der Waals surface area (Å²) in [5.41, 5.74) is 0.697. The topological polar surface area (TPSA) is 29.5 Å². The molecule has 1 rings (SSSR count). The van der Waals surface area contributed by atoms with Gasteiger partial charge < -0.3 is 9.64 Å². The Balaban J connectivity index is 2.82. The molecular weight excluding hydrogens is 209 g/mol. The summed E-state index contributed by atoms with van der Waals surface area (Å²) in [5.74, 6) is -0.739. The average molecular weight is 223 g/mol. The summed E-state index contributed by atoms with van der Waals surface area (Å²) in [4.78, 5) is 12.7. The Morgan fingerprint density at radius 1 is 1.56 bits per heavy atom. The van der Waals surface area contributed by atoms with E-state index < -0.39 is 5.97 Å². The van der Waals surface area contributed by atoms with Crippen LogP contribution in [0.25, 0.3) is 0 Å². The third-order valence-electron chi connectivity index (χ3n) is 2.07. The monoisotopic (exact) mass is 223 g/mol. The van der Waals surface area contributed by atoms with Crippen LogP contribution in [0.3, 0.4) is 0 Å². The third-order valence-corrected chi connectivity index (χ3v) is 2.07. The van der Waals surface area contributed by atoms with E-state index in [0.717, 1.165) is 0 Å². The second-order valence-corrected chi connectivity index (χ2v) is 3.10. The van der Waals surface area contributed by atoms with Gasteiger partial charge in [-0.2, -0.15) is 0 Å². The summed E-state index contributed by atoms with van der Waals surface area (Å²) in [6.45, 7) is 2.55. The van der Waals surface area contributed by atoms with Crippen LogP contribution in [-0.4, -0.2) is 19.6 Å². The van der Waals surface area contributed by atoms with Crippen LogP contribution in [0.1, 0.15) is 6.92 Å². The second kappa shape index (κ2) is 5.90. The maximum absolute atomic E-state index is 13.0. The first kappa shape index (κ1) is 12.2. The Hall–Kier alpha value is -1.84. The number of rotatable bonds is 4. The van der Waals surface area contributed by atoms with Gasteiger partial charge in [0.1, 0.15) is 5.82 Å². The van der Waals surface area contributed by atoms with E-state index in [1.807, 2.05) is 6.92 Å². The van der Waals surface area contributed by atoms with Gasteiger partial charge in [-0.1, -0.05) is 6.07 Å². The van der Waals surface area contributed by atoms with Gasteiger partial charge in [-0.05, 0) is 25.1 Å². The molecule has 0 aliphatic carbocycles. The van der Waals surface area contributed by atoms with Crippen molar-refractivity contribution in [2.24, 2.45) is 0 Å². The molecule has 0 N–H and O–H groups in total. The van der Waals surface area contributed by atoms with Crippen LogP contribution in [0.15, 0.2) is 36.5 Å². The minimum atomic E-state index is -0.435. The van der Waals surface area contributed by atoms with Crippen molar-refractivity contribution in [1.29, 1.82) is 0 Å². The van der Waals surface area contributed by atoms with Crippen LogP contribution in [0.4, 0.5) is 10.1 Å². The van der Waals surface area contributed by atoms with Crippen molar-refractivity contribution in [2.45, 2.75) is 6.92 Å². The molecule has 0 aromatic heterocycles. The Kier molecular flexibility index (Phi) is 4.51. The lowest BCUT2D eigenvalue weighted by Crippen LogP contribution is -2.15. The zero-order valence-electron chi connectivity index (χ0n) is 9.31. The van der Waals surface area contributed by atoms with E-state index >= 15 is 0 Å². The van der Waals surface area contributed by atoms with E-state index in [9.17, 15) is 9.18 Å². The van der Waals surface area contributed by atoms with Gasteiger partial charge in [0.25, 0.3) is 0 Å². The van der Waals surface area contributed by atoms with Gasteiger partial charge >= 0.3 is 5.97 Å². The number of nitrogens with zero attached hydrogens (tertiary/aromatic N) is 1. The van der Waals surface area contributed by atoms with Crippen LogP contribution in [0, 0.1) is 5.82 Å². The Morgan fingerprint density at radius 3 is 2.88 bits per heavy atom. The van der Waals surface area contributed by atoms with Gasteiger partial charge in [0, 0.05) is 24.5 Å². The molecule has 0 aliphatic rings. The van der Waals surface area contributed by atoms with E-state index in [1.54, 1.807) is 23.2 Å². The molecule has 1 aromatic carbocycles. The molecular formula is C12H14FNO2. The molecule has 0 saturated carbocycles. The number of methoxy groups -OCH3 is 1. The van der Waals surface area contributed by atoms with Crippen molar-refractivity contribution in [3.8, 4) is 0 Å². The summed E-state index contributed by atoms with van der Waals surface area (Å²) in [5, 5.41) is 0. The molecule has 0 spiro atoms. The number of carbonyl (C=O) groups is 1. The summed E-state index contributed by atoms with van der Waals surface area (Å²) >= 11 is 0. The van der Waals surface area contributed by atoms with Crippen molar-refractivity contribution in [3.05, 3.63) is 42.4 Å². The van der Waals surface area contributed by atoms with E-state index in [-0.39, 0.29) is 5.82 Å². The van der Waals surface area contributed by atoms with E-state index in [0.29, 0.717) is 12.2 Å². The number of hydrogen-bond donors (Lipinski definition) is 0. The number of esters is 1. The molecule has 16 heavy (non-hydrogen) atoms. The molecule has 0 radical (unpaired) electrons. The zero-order chi connectivity index (χ0) is 12.0. The molecule has 86 valence electrons. The molecule has 0 atom stereocenters. The maximum Gasteiger partial charge on any atom is 0.331 e. The average Bonchev–Trinajstić information content (AvgIpc) is 2.29. The summed E-state index contributed by atoms with van der Waals surface area (Å²) in [7, 11) is 1.31. The first-order chi connectivity index (χ1) is 7.67. The van der Waals surface area contributed by atoms with E-state index in [1.165, 1.54) is 25.3 Å². The lowest BCUT2D eigenvalue weighted by Gasteiger charge is -2.17. The number of hydrogen-bond acceptors (Lipinski definition) is 3. The molecule has 3 nitrogen and oxygen atoms in total. The number of ether oxygens (including phenoxy) is 1. The van der Waals surface area contributed by atoms with Gasteiger partial charge in [-0.25, -0.2) is 9.18 Å². The molecule has 0 saturated heterocycles.